The van der Waals surface area contributed by atoms with Crippen molar-refractivity contribution >= 4 is 15.9 Å². The summed E-state index contributed by atoms with van der Waals surface area (Å²) in [6.07, 6.45) is 0.374. The summed E-state index contributed by atoms with van der Waals surface area (Å²) >= 11 is 0. The summed E-state index contributed by atoms with van der Waals surface area (Å²) in [7, 11) is -1.91. The zero-order valence-electron chi connectivity index (χ0n) is 15.5. The van der Waals surface area contributed by atoms with E-state index in [1.807, 2.05) is 48.5 Å². The van der Waals surface area contributed by atoms with Crippen LogP contribution < -0.4 is 10.1 Å². The lowest BCUT2D eigenvalue weighted by atomic mass is 9.95. The molecule has 0 fully saturated rings. The van der Waals surface area contributed by atoms with Gasteiger partial charge in [0, 0.05) is 13.1 Å². The first-order valence-corrected chi connectivity index (χ1v) is 10.5. The second-order valence-electron chi connectivity index (χ2n) is 6.50. The zero-order chi connectivity index (χ0) is 19.4. The minimum absolute atomic E-state index is 0.0329. The number of nitrogens with zero attached hydrogens (tertiary/aromatic N) is 1. The molecule has 1 aliphatic rings. The number of carbonyl (C=O) groups excluding carboxylic acids is 1. The molecule has 6 nitrogen and oxygen atoms in total. The van der Waals surface area contributed by atoms with Gasteiger partial charge in [-0.2, -0.15) is 4.31 Å². The Bertz CT molecular complexity index is 927. The van der Waals surface area contributed by atoms with E-state index in [2.05, 4.69) is 5.32 Å². The molecule has 27 heavy (non-hydrogen) atoms. The Morgan fingerprint density at radius 3 is 2.63 bits per heavy atom. The Labute approximate surface area is 160 Å². The maximum Gasteiger partial charge on any atom is 0.239 e. The largest absolute Gasteiger partial charge is 0.497 e. The third-order valence-electron chi connectivity index (χ3n) is 4.83. The van der Waals surface area contributed by atoms with Gasteiger partial charge >= 0.3 is 0 Å². The number of carbonyl (C=O) groups is 1. The Balaban J connectivity index is 1.80. The molecule has 1 amide bonds. The summed E-state index contributed by atoms with van der Waals surface area (Å²) in [5.74, 6) is 0.391. The van der Waals surface area contributed by atoms with E-state index in [4.69, 9.17) is 4.74 Å². The summed E-state index contributed by atoms with van der Waals surface area (Å²) in [6, 6.07) is 14.3. The Morgan fingerprint density at radius 1 is 1.19 bits per heavy atom. The van der Waals surface area contributed by atoms with Crippen molar-refractivity contribution in [2.75, 3.05) is 12.9 Å². The van der Waals surface area contributed by atoms with Gasteiger partial charge in [0.05, 0.1) is 12.9 Å². The van der Waals surface area contributed by atoms with Gasteiger partial charge in [0.15, 0.2) is 0 Å². The first-order chi connectivity index (χ1) is 12.9. The average molecular weight is 388 g/mol. The van der Waals surface area contributed by atoms with Gasteiger partial charge in [-0.15, -0.1) is 0 Å². The summed E-state index contributed by atoms with van der Waals surface area (Å²) in [5.41, 5.74) is 2.86. The van der Waals surface area contributed by atoms with Crippen LogP contribution in [0.3, 0.4) is 0 Å². The van der Waals surface area contributed by atoms with E-state index in [0.717, 1.165) is 16.7 Å². The van der Waals surface area contributed by atoms with Gasteiger partial charge in [-0.05, 0) is 42.2 Å². The highest BCUT2D eigenvalue weighted by Crippen LogP contribution is 2.26. The first kappa shape index (κ1) is 19.4. The molecule has 0 aliphatic carbocycles. The molecule has 3 rings (SSSR count). The molecule has 1 N–H and O–H groups in total. The van der Waals surface area contributed by atoms with Crippen molar-refractivity contribution < 1.29 is 17.9 Å². The van der Waals surface area contributed by atoms with Crippen molar-refractivity contribution in [1.82, 2.24) is 9.62 Å². The van der Waals surface area contributed by atoms with E-state index in [9.17, 15) is 13.2 Å². The topological polar surface area (TPSA) is 75.7 Å². The van der Waals surface area contributed by atoms with Crippen molar-refractivity contribution in [3.05, 3.63) is 65.2 Å². The van der Waals surface area contributed by atoms with Crippen LogP contribution in [0.25, 0.3) is 0 Å². The molecule has 0 spiro atoms. The van der Waals surface area contributed by atoms with Gasteiger partial charge in [-0.3, -0.25) is 4.79 Å². The van der Waals surface area contributed by atoms with Gasteiger partial charge < -0.3 is 10.1 Å². The lowest BCUT2D eigenvalue weighted by Crippen LogP contribution is -2.52. The minimum atomic E-state index is -3.50. The lowest BCUT2D eigenvalue weighted by molar-refractivity contribution is -0.125. The van der Waals surface area contributed by atoms with Crippen LogP contribution in [0.5, 0.6) is 5.75 Å². The highest BCUT2D eigenvalue weighted by atomic mass is 32.2. The molecular weight excluding hydrogens is 364 g/mol. The van der Waals surface area contributed by atoms with E-state index in [1.54, 1.807) is 14.0 Å². The van der Waals surface area contributed by atoms with E-state index in [1.165, 1.54) is 4.31 Å². The van der Waals surface area contributed by atoms with Crippen LogP contribution in [0.15, 0.2) is 48.5 Å². The highest BCUT2D eigenvalue weighted by molar-refractivity contribution is 7.89. The predicted octanol–water partition coefficient (Wildman–Crippen LogP) is 2.09. The highest BCUT2D eigenvalue weighted by Gasteiger charge is 2.37. The third kappa shape index (κ3) is 4.31. The van der Waals surface area contributed by atoms with Crippen molar-refractivity contribution in [1.29, 1.82) is 0 Å². The van der Waals surface area contributed by atoms with E-state index in [-0.39, 0.29) is 18.2 Å². The SMILES string of the molecule is CCS(=O)(=O)N1Cc2ccccc2C[C@@H]1C(=O)NCc1cccc(OC)c1. The molecule has 2 aromatic rings. The number of benzene rings is 2. The van der Waals surface area contributed by atoms with E-state index < -0.39 is 16.1 Å². The molecule has 7 heteroatoms. The molecule has 144 valence electrons. The second-order valence-corrected chi connectivity index (χ2v) is 8.71. The number of amides is 1. The number of sulfonamides is 1. The van der Waals surface area contributed by atoms with E-state index in [0.29, 0.717) is 18.7 Å². The smallest absolute Gasteiger partial charge is 0.239 e. The summed E-state index contributed by atoms with van der Waals surface area (Å²) in [4.78, 5) is 12.9. The van der Waals surface area contributed by atoms with Crippen LogP contribution in [0.4, 0.5) is 0 Å². The molecule has 0 radical (unpaired) electrons. The number of methoxy groups -OCH3 is 1. The van der Waals surface area contributed by atoms with Crippen molar-refractivity contribution in [2.45, 2.75) is 32.5 Å². The number of nitrogens with one attached hydrogen (secondary N) is 1. The average Bonchev–Trinajstić information content (AvgIpc) is 2.71. The predicted molar refractivity (Wildman–Crippen MR) is 104 cm³/mol. The van der Waals surface area contributed by atoms with Gasteiger partial charge in [0.2, 0.25) is 15.9 Å². The fraction of sp³-hybridized carbons (Fsp3) is 0.350. The summed E-state index contributed by atoms with van der Waals surface area (Å²) < 4.78 is 31.7. The fourth-order valence-electron chi connectivity index (χ4n) is 3.27. The standard InChI is InChI=1S/C20H24N2O4S/c1-3-27(24,25)22-14-17-9-5-4-8-16(17)12-19(22)20(23)21-13-15-7-6-10-18(11-15)26-2/h4-11,19H,3,12-14H2,1-2H3,(H,21,23)/t19-/m1/s1. The number of fused-ring (bicyclic) bond motifs is 1. The Kier molecular flexibility index (Phi) is 5.82. The molecule has 1 heterocycles. The van der Waals surface area contributed by atoms with Crippen molar-refractivity contribution in [3.8, 4) is 5.75 Å². The van der Waals surface area contributed by atoms with Crippen LogP contribution in [0.1, 0.15) is 23.6 Å². The maximum absolute atomic E-state index is 12.9. The van der Waals surface area contributed by atoms with Crippen LogP contribution in [0, 0.1) is 0 Å². The van der Waals surface area contributed by atoms with Crippen LogP contribution in [0.2, 0.25) is 0 Å². The molecular formula is C20H24N2O4S. The van der Waals surface area contributed by atoms with Crippen molar-refractivity contribution in [2.24, 2.45) is 0 Å². The molecule has 2 aromatic carbocycles. The molecule has 0 saturated heterocycles. The van der Waals surface area contributed by atoms with Crippen LogP contribution in [-0.2, 0) is 34.3 Å². The number of ether oxygens (including phenoxy) is 1. The number of rotatable bonds is 6. The third-order valence-corrected chi connectivity index (χ3v) is 6.66. The number of hydrogen-bond donors (Lipinski definition) is 1. The molecule has 1 atom stereocenters. The fourth-order valence-corrected chi connectivity index (χ4v) is 4.50. The molecule has 1 aliphatic heterocycles. The van der Waals surface area contributed by atoms with Crippen LogP contribution in [-0.4, -0.2) is 37.5 Å². The first-order valence-electron chi connectivity index (χ1n) is 8.91. The quantitative estimate of drug-likeness (QED) is 0.822. The number of hydrogen-bond acceptors (Lipinski definition) is 4. The maximum atomic E-state index is 12.9. The Hall–Kier alpha value is -2.38. The van der Waals surface area contributed by atoms with Crippen LogP contribution >= 0.6 is 0 Å². The molecule has 0 unspecified atom stereocenters. The molecule has 0 bridgehead atoms. The monoisotopic (exact) mass is 388 g/mol. The van der Waals surface area contributed by atoms with Crippen molar-refractivity contribution in [3.63, 3.8) is 0 Å². The summed E-state index contributed by atoms with van der Waals surface area (Å²) in [5, 5.41) is 2.88. The summed E-state index contributed by atoms with van der Waals surface area (Å²) in [6.45, 7) is 2.14. The van der Waals surface area contributed by atoms with Gasteiger partial charge in [-0.1, -0.05) is 36.4 Å². The van der Waals surface area contributed by atoms with Gasteiger partial charge in [0.1, 0.15) is 11.8 Å². The molecule has 0 saturated carbocycles. The molecule has 0 aromatic heterocycles. The second kappa shape index (κ2) is 8.10. The lowest BCUT2D eigenvalue weighted by Gasteiger charge is -2.34. The normalized spacial score (nSPS) is 17.2. The minimum Gasteiger partial charge on any atom is -0.497 e. The van der Waals surface area contributed by atoms with Gasteiger partial charge in [0.25, 0.3) is 0 Å². The van der Waals surface area contributed by atoms with Gasteiger partial charge in [-0.25, -0.2) is 8.42 Å². The Morgan fingerprint density at radius 2 is 1.93 bits per heavy atom. The zero-order valence-corrected chi connectivity index (χ0v) is 16.3. The van der Waals surface area contributed by atoms with E-state index >= 15 is 0 Å².